The molecule has 0 radical (unpaired) electrons. The number of hydrogen-bond donors (Lipinski definition) is 3. The Balaban J connectivity index is 2.46. The predicted octanol–water partition coefficient (Wildman–Crippen LogP) is 1.39. The molecule has 0 bridgehead atoms. The fourth-order valence-electron chi connectivity index (χ4n) is 1.72. The molecule has 1 rings (SSSR count). The third-order valence-electron chi connectivity index (χ3n) is 2.77. The SMILES string of the molecule is COc1ccc(CNC(=O)NC(CC(C)C)C(=O)O)cn1. The highest BCUT2D eigenvalue weighted by molar-refractivity contribution is 5.82. The molecule has 0 saturated carbocycles. The zero-order valence-electron chi connectivity index (χ0n) is 12.4. The number of carbonyl (C=O) groups is 2. The van der Waals surface area contributed by atoms with Gasteiger partial charge in [-0.25, -0.2) is 14.6 Å². The van der Waals surface area contributed by atoms with Crippen LogP contribution >= 0.6 is 0 Å². The van der Waals surface area contributed by atoms with Crippen LogP contribution in [0, 0.1) is 5.92 Å². The molecule has 116 valence electrons. The molecular formula is C14H21N3O4. The van der Waals surface area contributed by atoms with Crippen molar-refractivity contribution in [1.29, 1.82) is 0 Å². The summed E-state index contributed by atoms with van der Waals surface area (Å²) in [5.74, 6) is -0.367. The highest BCUT2D eigenvalue weighted by Crippen LogP contribution is 2.07. The number of hydrogen-bond acceptors (Lipinski definition) is 4. The number of aromatic nitrogens is 1. The van der Waals surface area contributed by atoms with Gasteiger partial charge in [-0.15, -0.1) is 0 Å². The van der Waals surface area contributed by atoms with Crippen molar-refractivity contribution in [1.82, 2.24) is 15.6 Å². The van der Waals surface area contributed by atoms with Crippen LogP contribution in [0.4, 0.5) is 4.79 Å². The van der Waals surface area contributed by atoms with E-state index in [4.69, 9.17) is 9.84 Å². The average Bonchev–Trinajstić information content (AvgIpc) is 2.44. The van der Waals surface area contributed by atoms with Crippen LogP contribution in [0.2, 0.25) is 0 Å². The van der Waals surface area contributed by atoms with Crippen molar-refractivity contribution in [2.24, 2.45) is 5.92 Å². The number of amides is 2. The summed E-state index contributed by atoms with van der Waals surface area (Å²) >= 11 is 0. The number of pyridine rings is 1. The fourth-order valence-corrected chi connectivity index (χ4v) is 1.72. The van der Waals surface area contributed by atoms with Crippen molar-refractivity contribution in [3.05, 3.63) is 23.9 Å². The van der Waals surface area contributed by atoms with Crippen molar-refractivity contribution < 1.29 is 19.4 Å². The molecule has 0 aromatic carbocycles. The summed E-state index contributed by atoms with van der Waals surface area (Å²) in [7, 11) is 1.52. The number of aliphatic carboxylic acids is 1. The third kappa shape index (κ3) is 6.11. The summed E-state index contributed by atoms with van der Waals surface area (Å²) in [5, 5.41) is 14.1. The van der Waals surface area contributed by atoms with E-state index in [1.54, 1.807) is 18.3 Å². The number of carboxylic acids is 1. The maximum atomic E-state index is 11.7. The van der Waals surface area contributed by atoms with E-state index in [-0.39, 0.29) is 12.5 Å². The summed E-state index contributed by atoms with van der Waals surface area (Å²) in [6, 6.07) is 2.06. The van der Waals surface area contributed by atoms with Crippen LogP contribution in [-0.2, 0) is 11.3 Å². The minimum absolute atomic E-state index is 0.178. The van der Waals surface area contributed by atoms with E-state index in [1.165, 1.54) is 7.11 Å². The molecule has 0 fully saturated rings. The van der Waals surface area contributed by atoms with E-state index in [0.29, 0.717) is 12.3 Å². The number of ether oxygens (including phenoxy) is 1. The Kier molecular flexibility index (Phi) is 6.45. The lowest BCUT2D eigenvalue weighted by Gasteiger charge is -2.16. The molecule has 1 aromatic heterocycles. The molecule has 1 unspecified atom stereocenters. The Hall–Kier alpha value is -2.31. The first-order valence-corrected chi connectivity index (χ1v) is 6.68. The van der Waals surface area contributed by atoms with Gasteiger partial charge in [-0.1, -0.05) is 19.9 Å². The number of carboxylic acid groups (broad SMARTS) is 1. The summed E-state index contributed by atoms with van der Waals surface area (Å²) in [6.07, 6.45) is 1.97. The molecule has 2 amide bonds. The van der Waals surface area contributed by atoms with E-state index in [9.17, 15) is 9.59 Å². The molecule has 1 atom stereocenters. The molecule has 0 spiro atoms. The monoisotopic (exact) mass is 295 g/mol. The zero-order chi connectivity index (χ0) is 15.8. The van der Waals surface area contributed by atoms with Gasteiger partial charge < -0.3 is 20.5 Å². The largest absolute Gasteiger partial charge is 0.481 e. The van der Waals surface area contributed by atoms with Crippen molar-refractivity contribution in [2.45, 2.75) is 32.9 Å². The highest BCUT2D eigenvalue weighted by Gasteiger charge is 2.20. The summed E-state index contributed by atoms with van der Waals surface area (Å²) < 4.78 is 4.93. The van der Waals surface area contributed by atoms with E-state index in [1.807, 2.05) is 13.8 Å². The van der Waals surface area contributed by atoms with Gasteiger partial charge in [0.1, 0.15) is 6.04 Å². The Morgan fingerprint density at radius 1 is 1.38 bits per heavy atom. The number of nitrogens with one attached hydrogen (secondary N) is 2. The lowest BCUT2D eigenvalue weighted by atomic mass is 10.0. The van der Waals surface area contributed by atoms with E-state index in [2.05, 4.69) is 15.6 Å². The maximum Gasteiger partial charge on any atom is 0.326 e. The molecule has 7 heteroatoms. The van der Waals surface area contributed by atoms with Gasteiger partial charge >= 0.3 is 12.0 Å². The molecular weight excluding hydrogens is 274 g/mol. The Morgan fingerprint density at radius 3 is 2.57 bits per heavy atom. The fraction of sp³-hybridized carbons (Fsp3) is 0.500. The molecule has 0 saturated heterocycles. The lowest BCUT2D eigenvalue weighted by Crippen LogP contribution is -2.46. The molecule has 0 aliphatic carbocycles. The van der Waals surface area contributed by atoms with E-state index >= 15 is 0 Å². The van der Waals surface area contributed by atoms with Crippen LogP contribution in [0.15, 0.2) is 18.3 Å². The summed E-state index contributed by atoms with van der Waals surface area (Å²) in [5.41, 5.74) is 0.793. The maximum absolute atomic E-state index is 11.7. The topological polar surface area (TPSA) is 101 Å². The Morgan fingerprint density at radius 2 is 2.10 bits per heavy atom. The Bertz CT molecular complexity index is 474. The second-order valence-electron chi connectivity index (χ2n) is 5.06. The van der Waals surface area contributed by atoms with Crippen molar-refractivity contribution in [3.8, 4) is 5.88 Å². The van der Waals surface area contributed by atoms with Crippen molar-refractivity contribution in [2.75, 3.05) is 7.11 Å². The van der Waals surface area contributed by atoms with Crippen LogP contribution in [0.3, 0.4) is 0 Å². The number of rotatable bonds is 7. The predicted molar refractivity (Wildman–Crippen MR) is 77.0 cm³/mol. The van der Waals surface area contributed by atoms with Crippen LogP contribution < -0.4 is 15.4 Å². The van der Waals surface area contributed by atoms with Gasteiger partial charge in [0, 0.05) is 18.8 Å². The zero-order valence-corrected chi connectivity index (χ0v) is 12.4. The van der Waals surface area contributed by atoms with Crippen molar-refractivity contribution >= 4 is 12.0 Å². The third-order valence-corrected chi connectivity index (χ3v) is 2.77. The number of methoxy groups -OCH3 is 1. The first-order chi connectivity index (χ1) is 9.92. The molecule has 3 N–H and O–H groups in total. The molecule has 0 aliphatic rings. The summed E-state index contributed by atoms with van der Waals surface area (Å²) in [6.45, 7) is 4.06. The quantitative estimate of drug-likeness (QED) is 0.705. The van der Waals surface area contributed by atoms with Gasteiger partial charge in [-0.2, -0.15) is 0 Å². The molecule has 0 aliphatic heterocycles. The van der Waals surface area contributed by atoms with E-state index < -0.39 is 18.0 Å². The van der Waals surface area contributed by atoms with Crippen molar-refractivity contribution in [3.63, 3.8) is 0 Å². The first kappa shape index (κ1) is 16.7. The minimum Gasteiger partial charge on any atom is -0.481 e. The second kappa shape index (κ2) is 8.08. The second-order valence-corrected chi connectivity index (χ2v) is 5.06. The van der Waals surface area contributed by atoms with Crippen LogP contribution in [0.5, 0.6) is 5.88 Å². The standard InChI is InChI=1S/C14H21N3O4/c1-9(2)6-11(13(18)19)17-14(20)16-8-10-4-5-12(21-3)15-7-10/h4-5,7,9,11H,6,8H2,1-3H3,(H,18,19)(H2,16,17,20). The van der Waals surface area contributed by atoms with Crippen LogP contribution in [0.1, 0.15) is 25.8 Å². The highest BCUT2D eigenvalue weighted by atomic mass is 16.5. The van der Waals surface area contributed by atoms with Gasteiger partial charge in [-0.3, -0.25) is 0 Å². The number of urea groups is 1. The van der Waals surface area contributed by atoms with Gasteiger partial charge in [0.15, 0.2) is 0 Å². The molecule has 1 heterocycles. The first-order valence-electron chi connectivity index (χ1n) is 6.68. The van der Waals surface area contributed by atoms with Gasteiger partial charge in [-0.05, 0) is 17.9 Å². The molecule has 7 nitrogen and oxygen atoms in total. The summed E-state index contributed by atoms with van der Waals surface area (Å²) in [4.78, 5) is 26.8. The number of carbonyl (C=O) groups excluding carboxylic acids is 1. The van der Waals surface area contributed by atoms with Crippen LogP contribution in [-0.4, -0.2) is 35.2 Å². The van der Waals surface area contributed by atoms with Gasteiger partial charge in [0.25, 0.3) is 0 Å². The normalized spacial score (nSPS) is 11.8. The minimum atomic E-state index is -1.04. The molecule has 21 heavy (non-hydrogen) atoms. The smallest absolute Gasteiger partial charge is 0.326 e. The lowest BCUT2D eigenvalue weighted by molar-refractivity contribution is -0.139. The Labute approximate surface area is 123 Å². The average molecular weight is 295 g/mol. The van der Waals surface area contributed by atoms with E-state index in [0.717, 1.165) is 5.56 Å². The van der Waals surface area contributed by atoms with Gasteiger partial charge in [0.2, 0.25) is 5.88 Å². The molecule has 1 aromatic rings. The van der Waals surface area contributed by atoms with Gasteiger partial charge in [0.05, 0.1) is 7.11 Å². The number of nitrogens with zero attached hydrogens (tertiary/aromatic N) is 1. The van der Waals surface area contributed by atoms with Crippen LogP contribution in [0.25, 0.3) is 0 Å².